The number of rotatable bonds is 2. The van der Waals surface area contributed by atoms with Crippen molar-refractivity contribution in [3.05, 3.63) is 107 Å². The number of benzene rings is 3. The van der Waals surface area contributed by atoms with Gasteiger partial charge in [0.15, 0.2) is 0 Å². The smallest absolute Gasteiger partial charge is 0.000718 e. The number of hydrogen-bond acceptors (Lipinski definition) is 0. The van der Waals surface area contributed by atoms with Crippen LogP contribution in [0.1, 0.15) is 27.8 Å². The summed E-state index contributed by atoms with van der Waals surface area (Å²) in [5.41, 5.74) is 9.72. The largest absolute Gasteiger partial charge is 0.0622 e. The number of aryl methyl sites for hydroxylation is 1. The quantitative estimate of drug-likeness (QED) is 0.581. The average molecular weight is 282 g/mol. The molecule has 1 aliphatic carbocycles. The first-order valence-corrected chi connectivity index (χ1v) is 7.77. The van der Waals surface area contributed by atoms with E-state index >= 15 is 0 Å². The molecule has 0 bridgehead atoms. The van der Waals surface area contributed by atoms with Gasteiger partial charge in [0.25, 0.3) is 0 Å². The molecule has 0 radical (unpaired) electrons. The first-order chi connectivity index (χ1) is 10.8. The van der Waals surface area contributed by atoms with Gasteiger partial charge in [-0.3, -0.25) is 0 Å². The van der Waals surface area contributed by atoms with Crippen molar-refractivity contribution in [3.8, 4) is 0 Å². The molecular weight excluding hydrogens is 264 g/mol. The Morgan fingerprint density at radius 1 is 0.636 bits per heavy atom. The predicted octanol–water partition coefficient (Wildman–Crippen LogP) is 5.51. The van der Waals surface area contributed by atoms with Crippen LogP contribution in [-0.2, 0) is 6.42 Å². The minimum Gasteiger partial charge on any atom is -0.0622 e. The molecule has 0 saturated heterocycles. The van der Waals surface area contributed by atoms with Crippen LogP contribution in [0.5, 0.6) is 0 Å². The van der Waals surface area contributed by atoms with Gasteiger partial charge in [0.05, 0.1) is 0 Å². The van der Waals surface area contributed by atoms with E-state index < -0.39 is 0 Å². The minimum absolute atomic E-state index is 1.02. The average Bonchev–Trinajstić information content (AvgIpc) is 2.97. The van der Waals surface area contributed by atoms with Crippen molar-refractivity contribution in [2.75, 3.05) is 0 Å². The Morgan fingerprint density at radius 3 is 1.95 bits per heavy atom. The van der Waals surface area contributed by atoms with E-state index in [4.69, 9.17) is 0 Å². The van der Waals surface area contributed by atoms with Gasteiger partial charge >= 0.3 is 0 Å². The lowest BCUT2D eigenvalue weighted by molar-refractivity contribution is 1.29. The summed E-state index contributed by atoms with van der Waals surface area (Å²) < 4.78 is 0. The fraction of sp³-hybridized carbons (Fsp3) is 0.0909. The van der Waals surface area contributed by atoms with E-state index in [-0.39, 0.29) is 0 Å². The Balaban J connectivity index is 2.01. The molecule has 0 heteroatoms. The molecule has 0 amide bonds. The van der Waals surface area contributed by atoms with E-state index in [9.17, 15) is 0 Å². The topological polar surface area (TPSA) is 0 Å². The van der Waals surface area contributed by atoms with Crippen LogP contribution in [-0.4, -0.2) is 0 Å². The molecule has 0 unspecified atom stereocenters. The molecule has 0 spiro atoms. The van der Waals surface area contributed by atoms with E-state index in [1.54, 1.807) is 0 Å². The highest BCUT2D eigenvalue weighted by Crippen LogP contribution is 2.43. The molecular formula is C22H18. The highest BCUT2D eigenvalue weighted by atomic mass is 14.3. The van der Waals surface area contributed by atoms with Crippen molar-refractivity contribution in [2.24, 2.45) is 0 Å². The van der Waals surface area contributed by atoms with Crippen molar-refractivity contribution < 1.29 is 0 Å². The molecule has 22 heavy (non-hydrogen) atoms. The molecule has 0 atom stereocenters. The zero-order valence-electron chi connectivity index (χ0n) is 12.7. The standard InChI is InChI=1S/C22H18/c1-16-9-8-14-19-15-20(17-10-4-2-5-11-17)22(21(16)19)18-12-6-3-7-13-18/h2-14H,15H2,1H3. The Morgan fingerprint density at radius 2 is 1.27 bits per heavy atom. The van der Waals surface area contributed by atoms with Crippen LogP contribution in [0.25, 0.3) is 11.1 Å². The van der Waals surface area contributed by atoms with E-state index in [0.29, 0.717) is 0 Å². The summed E-state index contributed by atoms with van der Waals surface area (Å²) in [6.45, 7) is 2.22. The molecule has 3 aromatic rings. The summed E-state index contributed by atoms with van der Waals surface area (Å²) in [5, 5.41) is 0. The molecule has 0 nitrogen and oxygen atoms in total. The minimum atomic E-state index is 1.02. The van der Waals surface area contributed by atoms with E-state index in [0.717, 1.165) is 6.42 Å². The van der Waals surface area contributed by atoms with Crippen LogP contribution in [0.4, 0.5) is 0 Å². The summed E-state index contributed by atoms with van der Waals surface area (Å²) in [4.78, 5) is 0. The number of allylic oxidation sites excluding steroid dienone is 1. The van der Waals surface area contributed by atoms with Gasteiger partial charge in [-0.15, -0.1) is 0 Å². The second-order valence-corrected chi connectivity index (χ2v) is 5.87. The molecule has 0 aliphatic heterocycles. The first-order valence-electron chi connectivity index (χ1n) is 7.77. The molecule has 1 aliphatic rings. The summed E-state index contributed by atoms with van der Waals surface area (Å²) in [5.74, 6) is 0. The van der Waals surface area contributed by atoms with Crippen molar-refractivity contribution in [1.82, 2.24) is 0 Å². The van der Waals surface area contributed by atoms with Gasteiger partial charge in [-0.2, -0.15) is 0 Å². The monoisotopic (exact) mass is 282 g/mol. The Labute approximate surface area is 131 Å². The third kappa shape index (κ3) is 2.08. The second-order valence-electron chi connectivity index (χ2n) is 5.87. The summed E-state index contributed by atoms with van der Waals surface area (Å²) in [7, 11) is 0. The lowest BCUT2D eigenvalue weighted by Gasteiger charge is -2.11. The van der Waals surface area contributed by atoms with Gasteiger partial charge < -0.3 is 0 Å². The van der Waals surface area contributed by atoms with Crippen molar-refractivity contribution in [1.29, 1.82) is 0 Å². The molecule has 0 N–H and O–H groups in total. The number of fused-ring (bicyclic) bond motifs is 1. The van der Waals surface area contributed by atoms with Crippen molar-refractivity contribution in [3.63, 3.8) is 0 Å². The third-order valence-corrected chi connectivity index (χ3v) is 4.46. The van der Waals surface area contributed by atoms with Gasteiger partial charge in [-0.25, -0.2) is 0 Å². The lowest BCUT2D eigenvalue weighted by atomic mass is 9.92. The normalized spacial score (nSPS) is 13.3. The Hall–Kier alpha value is -2.60. The third-order valence-electron chi connectivity index (χ3n) is 4.46. The lowest BCUT2D eigenvalue weighted by Crippen LogP contribution is -1.91. The predicted molar refractivity (Wildman–Crippen MR) is 93.7 cm³/mol. The SMILES string of the molecule is Cc1cccc2c1C(c1ccccc1)=C(c1ccccc1)C2. The van der Waals surface area contributed by atoms with Crippen LogP contribution in [0.15, 0.2) is 78.9 Å². The fourth-order valence-corrected chi connectivity index (χ4v) is 3.47. The van der Waals surface area contributed by atoms with Gasteiger partial charge in [0.1, 0.15) is 0 Å². The zero-order valence-corrected chi connectivity index (χ0v) is 12.7. The van der Waals surface area contributed by atoms with Crippen LogP contribution in [0.2, 0.25) is 0 Å². The maximum atomic E-state index is 2.27. The maximum absolute atomic E-state index is 2.27. The van der Waals surface area contributed by atoms with Crippen molar-refractivity contribution >= 4 is 11.1 Å². The highest BCUT2D eigenvalue weighted by molar-refractivity contribution is 6.04. The van der Waals surface area contributed by atoms with Gasteiger partial charge in [-0.05, 0) is 52.3 Å². The first kappa shape index (κ1) is 13.1. The van der Waals surface area contributed by atoms with E-state index in [1.165, 1.54) is 39.0 Å². The van der Waals surface area contributed by atoms with Crippen LogP contribution in [0.3, 0.4) is 0 Å². The highest BCUT2D eigenvalue weighted by Gasteiger charge is 2.24. The fourth-order valence-electron chi connectivity index (χ4n) is 3.47. The van der Waals surface area contributed by atoms with E-state index in [1.807, 2.05) is 0 Å². The molecule has 3 aromatic carbocycles. The molecule has 106 valence electrons. The molecule has 0 heterocycles. The zero-order chi connectivity index (χ0) is 14.9. The van der Waals surface area contributed by atoms with Crippen LogP contribution in [0, 0.1) is 6.92 Å². The Kier molecular flexibility index (Phi) is 3.16. The van der Waals surface area contributed by atoms with Crippen molar-refractivity contribution in [2.45, 2.75) is 13.3 Å². The van der Waals surface area contributed by atoms with Gasteiger partial charge in [0, 0.05) is 0 Å². The van der Waals surface area contributed by atoms with Crippen LogP contribution < -0.4 is 0 Å². The molecule has 0 fully saturated rings. The maximum Gasteiger partial charge on any atom is -0.000718 e. The summed E-state index contributed by atoms with van der Waals surface area (Å²) in [6, 6.07) is 28.2. The second kappa shape index (κ2) is 5.31. The molecule has 4 rings (SSSR count). The molecule has 0 aromatic heterocycles. The molecule has 0 saturated carbocycles. The van der Waals surface area contributed by atoms with Gasteiger partial charge in [0.2, 0.25) is 0 Å². The summed E-state index contributed by atoms with van der Waals surface area (Å²) in [6.07, 6.45) is 1.02. The summed E-state index contributed by atoms with van der Waals surface area (Å²) >= 11 is 0. The Bertz CT molecular complexity index is 840. The van der Waals surface area contributed by atoms with Crippen LogP contribution >= 0.6 is 0 Å². The van der Waals surface area contributed by atoms with E-state index in [2.05, 4.69) is 85.8 Å². The van der Waals surface area contributed by atoms with Gasteiger partial charge in [-0.1, -0.05) is 78.9 Å². The number of hydrogen-bond donors (Lipinski definition) is 0.